The summed E-state index contributed by atoms with van der Waals surface area (Å²) in [6.07, 6.45) is 1.86. The van der Waals surface area contributed by atoms with Crippen LogP contribution in [-0.2, 0) is 21.2 Å². The van der Waals surface area contributed by atoms with E-state index in [2.05, 4.69) is 15.5 Å². The quantitative estimate of drug-likeness (QED) is 0.735. The summed E-state index contributed by atoms with van der Waals surface area (Å²) in [5.74, 6) is 0.0650. The van der Waals surface area contributed by atoms with Crippen molar-refractivity contribution in [1.82, 2.24) is 14.5 Å². The summed E-state index contributed by atoms with van der Waals surface area (Å²) in [4.78, 5) is 12.6. The number of rotatable bonds is 7. The van der Waals surface area contributed by atoms with Crippen molar-refractivity contribution in [3.63, 3.8) is 0 Å². The van der Waals surface area contributed by atoms with Crippen LogP contribution >= 0.6 is 0 Å². The maximum Gasteiger partial charge on any atom is 0.246 e. The number of nitrogens with zero attached hydrogens (tertiary/aromatic N) is 2. The molecule has 1 aliphatic rings. The van der Waals surface area contributed by atoms with Gasteiger partial charge >= 0.3 is 0 Å². The summed E-state index contributed by atoms with van der Waals surface area (Å²) in [5, 5.41) is 9.74. The number of hydrogen-bond donors (Lipinski definition) is 2. The highest BCUT2D eigenvalue weighted by Crippen LogP contribution is 2.31. The zero-order valence-corrected chi connectivity index (χ0v) is 17.2. The van der Waals surface area contributed by atoms with E-state index < -0.39 is 10.0 Å². The number of H-pyrrole nitrogens is 1. The van der Waals surface area contributed by atoms with E-state index in [1.807, 2.05) is 13.8 Å². The lowest BCUT2D eigenvalue weighted by atomic mass is 10.1. The number of ether oxygens (including phenoxy) is 1. The summed E-state index contributed by atoms with van der Waals surface area (Å²) in [7, 11) is -3.67. The second-order valence-electron chi connectivity index (χ2n) is 6.84. The van der Waals surface area contributed by atoms with Crippen LogP contribution in [0.5, 0.6) is 5.75 Å². The molecule has 2 heterocycles. The minimum absolute atomic E-state index is 0.0877. The normalized spacial score (nSPS) is 15.0. The first kappa shape index (κ1) is 20.3. The first-order valence-corrected chi connectivity index (χ1v) is 10.8. The van der Waals surface area contributed by atoms with Gasteiger partial charge in [-0.2, -0.15) is 9.40 Å². The fourth-order valence-corrected chi connectivity index (χ4v) is 5.00. The fraction of sp³-hybridized carbons (Fsp3) is 0.474. The molecule has 1 fully saturated rings. The second kappa shape index (κ2) is 8.32. The van der Waals surface area contributed by atoms with Crippen LogP contribution in [0.2, 0.25) is 0 Å². The average molecular weight is 407 g/mol. The molecule has 8 nitrogen and oxygen atoms in total. The molecule has 1 aromatic carbocycles. The highest BCUT2D eigenvalue weighted by atomic mass is 32.2. The Kier molecular flexibility index (Phi) is 6.04. The first-order chi connectivity index (χ1) is 13.3. The van der Waals surface area contributed by atoms with Gasteiger partial charge in [0.25, 0.3) is 0 Å². The molecule has 0 spiro atoms. The van der Waals surface area contributed by atoms with Crippen molar-refractivity contribution in [2.75, 3.05) is 25.0 Å². The number of sulfonamides is 1. The van der Waals surface area contributed by atoms with Gasteiger partial charge in [0.05, 0.1) is 18.7 Å². The number of carbonyl (C=O) groups excluding carboxylic acids is 1. The summed E-state index contributed by atoms with van der Waals surface area (Å²) in [5.41, 5.74) is 2.88. The zero-order valence-electron chi connectivity index (χ0n) is 16.4. The summed E-state index contributed by atoms with van der Waals surface area (Å²) in [6, 6.07) is 4.73. The molecular formula is C19H26N4O4S. The zero-order chi connectivity index (χ0) is 20.3. The number of amides is 1. The van der Waals surface area contributed by atoms with Crippen molar-refractivity contribution in [2.24, 2.45) is 0 Å². The lowest BCUT2D eigenvalue weighted by molar-refractivity contribution is -0.115. The van der Waals surface area contributed by atoms with Crippen LogP contribution in [0.15, 0.2) is 23.1 Å². The van der Waals surface area contributed by atoms with E-state index in [1.165, 1.54) is 10.4 Å². The third-order valence-corrected chi connectivity index (χ3v) is 6.75. The van der Waals surface area contributed by atoms with Gasteiger partial charge < -0.3 is 10.1 Å². The van der Waals surface area contributed by atoms with Crippen LogP contribution < -0.4 is 10.1 Å². The Morgan fingerprint density at radius 3 is 2.61 bits per heavy atom. The number of hydrogen-bond acceptors (Lipinski definition) is 5. The molecule has 0 atom stereocenters. The number of aromatic amines is 1. The summed E-state index contributed by atoms with van der Waals surface area (Å²) < 4.78 is 33.1. The lowest BCUT2D eigenvalue weighted by Crippen LogP contribution is -2.28. The number of nitrogens with one attached hydrogen (secondary N) is 2. The van der Waals surface area contributed by atoms with Gasteiger partial charge in [0.1, 0.15) is 10.6 Å². The van der Waals surface area contributed by atoms with E-state index in [9.17, 15) is 13.2 Å². The topological polar surface area (TPSA) is 104 Å². The average Bonchev–Trinajstić information content (AvgIpc) is 3.30. The molecule has 9 heteroatoms. The standard InChI is InChI=1S/C19H26N4O4S/c1-4-27-17-8-7-15(11-18(17)28(25,26)23-9-5-6-10-23)20-19(24)12-16-13(2)21-22-14(16)3/h7-8,11H,4-6,9-10,12H2,1-3H3,(H,20,24)(H,21,22). The lowest BCUT2D eigenvalue weighted by Gasteiger charge is -2.19. The van der Waals surface area contributed by atoms with Crippen LogP contribution in [-0.4, -0.2) is 48.5 Å². The molecule has 0 aliphatic carbocycles. The largest absolute Gasteiger partial charge is 0.492 e. The van der Waals surface area contributed by atoms with Crippen molar-refractivity contribution in [2.45, 2.75) is 44.9 Å². The Morgan fingerprint density at radius 1 is 1.29 bits per heavy atom. The van der Waals surface area contributed by atoms with Gasteiger partial charge in [0, 0.05) is 30.0 Å². The number of aromatic nitrogens is 2. The molecule has 2 N–H and O–H groups in total. The minimum atomic E-state index is -3.67. The van der Waals surface area contributed by atoms with Gasteiger partial charge in [-0.1, -0.05) is 0 Å². The molecule has 0 radical (unpaired) electrons. The van der Waals surface area contributed by atoms with Gasteiger partial charge in [0.15, 0.2) is 0 Å². The number of anilines is 1. The molecule has 152 valence electrons. The Labute approximate surface area is 165 Å². The van der Waals surface area contributed by atoms with Gasteiger partial charge in [-0.3, -0.25) is 9.89 Å². The van der Waals surface area contributed by atoms with Crippen molar-refractivity contribution in [3.05, 3.63) is 35.2 Å². The molecule has 2 aromatic rings. The number of aryl methyl sites for hydroxylation is 2. The molecule has 0 unspecified atom stereocenters. The molecule has 1 aromatic heterocycles. The predicted molar refractivity (Wildman–Crippen MR) is 106 cm³/mol. The monoisotopic (exact) mass is 406 g/mol. The first-order valence-electron chi connectivity index (χ1n) is 9.40. The van der Waals surface area contributed by atoms with E-state index in [4.69, 9.17) is 4.74 Å². The van der Waals surface area contributed by atoms with E-state index in [0.717, 1.165) is 29.8 Å². The molecule has 1 saturated heterocycles. The summed E-state index contributed by atoms with van der Waals surface area (Å²) >= 11 is 0. The van der Waals surface area contributed by atoms with Crippen molar-refractivity contribution >= 4 is 21.6 Å². The van der Waals surface area contributed by atoms with E-state index in [1.54, 1.807) is 19.1 Å². The minimum Gasteiger partial charge on any atom is -0.492 e. The highest BCUT2D eigenvalue weighted by molar-refractivity contribution is 7.89. The molecule has 1 aliphatic heterocycles. The number of benzene rings is 1. The van der Waals surface area contributed by atoms with Gasteiger partial charge in [-0.15, -0.1) is 0 Å². The van der Waals surface area contributed by atoms with Crippen LogP contribution in [0.4, 0.5) is 5.69 Å². The van der Waals surface area contributed by atoms with Gasteiger partial charge in [0.2, 0.25) is 15.9 Å². The third-order valence-electron chi connectivity index (χ3n) is 4.83. The smallest absolute Gasteiger partial charge is 0.246 e. The second-order valence-corrected chi connectivity index (χ2v) is 8.75. The van der Waals surface area contributed by atoms with Crippen LogP contribution in [0, 0.1) is 13.8 Å². The maximum absolute atomic E-state index is 13.0. The molecule has 1 amide bonds. The SMILES string of the molecule is CCOc1ccc(NC(=O)Cc2c(C)n[nH]c2C)cc1S(=O)(=O)N1CCCC1. The van der Waals surface area contributed by atoms with E-state index >= 15 is 0 Å². The Bertz CT molecular complexity index is 943. The predicted octanol–water partition coefficient (Wildman–Crippen LogP) is 2.39. The fourth-order valence-electron chi connectivity index (χ4n) is 3.33. The summed E-state index contributed by atoms with van der Waals surface area (Å²) in [6.45, 7) is 6.86. The van der Waals surface area contributed by atoms with Crippen molar-refractivity contribution < 1.29 is 17.9 Å². The Morgan fingerprint density at radius 2 is 2.00 bits per heavy atom. The van der Waals surface area contributed by atoms with Crippen LogP contribution in [0.25, 0.3) is 0 Å². The Hall–Kier alpha value is -2.39. The number of carbonyl (C=O) groups is 1. The highest BCUT2D eigenvalue weighted by Gasteiger charge is 2.30. The molecule has 3 rings (SSSR count). The van der Waals surface area contributed by atoms with Gasteiger partial charge in [-0.05, 0) is 51.8 Å². The molecule has 0 bridgehead atoms. The third kappa shape index (κ3) is 4.20. The molecular weight excluding hydrogens is 380 g/mol. The Balaban J connectivity index is 1.85. The van der Waals surface area contributed by atoms with Crippen LogP contribution in [0.3, 0.4) is 0 Å². The van der Waals surface area contributed by atoms with E-state index in [0.29, 0.717) is 31.1 Å². The van der Waals surface area contributed by atoms with Crippen molar-refractivity contribution in [3.8, 4) is 5.75 Å². The van der Waals surface area contributed by atoms with E-state index in [-0.39, 0.29) is 17.2 Å². The van der Waals surface area contributed by atoms with Crippen molar-refractivity contribution in [1.29, 1.82) is 0 Å². The molecule has 28 heavy (non-hydrogen) atoms. The maximum atomic E-state index is 13.0. The van der Waals surface area contributed by atoms with Crippen LogP contribution in [0.1, 0.15) is 36.7 Å². The molecule has 0 saturated carbocycles. The van der Waals surface area contributed by atoms with Gasteiger partial charge in [-0.25, -0.2) is 8.42 Å².